The number of hydrogen-bond acceptors (Lipinski definition) is 5. The number of carbonyl (C=O) groups is 3. The lowest BCUT2D eigenvalue weighted by Gasteiger charge is -2.27. The summed E-state index contributed by atoms with van der Waals surface area (Å²) in [5.41, 5.74) is 4.61. The predicted molar refractivity (Wildman–Crippen MR) is 120 cm³/mol. The topological polar surface area (TPSA) is 88.7 Å². The summed E-state index contributed by atoms with van der Waals surface area (Å²) < 4.78 is 10.5. The van der Waals surface area contributed by atoms with E-state index in [0.717, 1.165) is 27.7 Å². The molecule has 0 aliphatic carbocycles. The van der Waals surface area contributed by atoms with Gasteiger partial charge in [-0.25, -0.2) is 4.79 Å². The van der Waals surface area contributed by atoms with Crippen molar-refractivity contribution < 1.29 is 23.9 Å². The molecule has 1 amide bonds. The second-order valence-electron chi connectivity index (χ2n) is 8.03. The van der Waals surface area contributed by atoms with Crippen molar-refractivity contribution in [2.45, 2.75) is 32.7 Å². The molecule has 7 nitrogen and oxygen atoms in total. The van der Waals surface area contributed by atoms with Gasteiger partial charge in [0.05, 0.1) is 12.7 Å². The van der Waals surface area contributed by atoms with Gasteiger partial charge in [-0.3, -0.25) is 4.79 Å². The van der Waals surface area contributed by atoms with E-state index in [2.05, 4.69) is 4.98 Å². The zero-order chi connectivity index (χ0) is 22.7. The molecule has 3 aromatic rings. The van der Waals surface area contributed by atoms with Gasteiger partial charge in [-0.05, 0) is 49.2 Å². The highest BCUT2D eigenvalue weighted by Crippen LogP contribution is 2.29. The van der Waals surface area contributed by atoms with Crippen LogP contribution >= 0.6 is 0 Å². The number of methoxy groups -OCH3 is 1. The zero-order valence-corrected chi connectivity index (χ0v) is 18.3. The smallest absolute Gasteiger partial charge is 0.337 e. The molecular weight excluding hydrogens is 408 g/mol. The van der Waals surface area contributed by atoms with Crippen molar-refractivity contribution in [2.75, 3.05) is 20.3 Å². The number of benzene rings is 2. The van der Waals surface area contributed by atoms with Crippen molar-refractivity contribution in [3.8, 4) is 5.75 Å². The average Bonchev–Trinajstić information content (AvgIpc) is 3.18. The Labute approximate surface area is 186 Å². The van der Waals surface area contributed by atoms with Crippen molar-refractivity contribution in [3.63, 3.8) is 0 Å². The summed E-state index contributed by atoms with van der Waals surface area (Å²) in [7, 11) is 1.36. The summed E-state index contributed by atoms with van der Waals surface area (Å²) in [6.45, 7) is 2.61. The quantitative estimate of drug-likeness (QED) is 0.576. The largest absolute Gasteiger partial charge is 0.484 e. The van der Waals surface area contributed by atoms with Crippen LogP contribution < -0.4 is 4.74 Å². The number of nitrogens with zero attached hydrogens (tertiary/aromatic N) is 1. The van der Waals surface area contributed by atoms with Crippen LogP contribution in [0.25, 0.3) is 10.9 Å². The molecule has 166 valence electrons. The Morgan fingerprint density at radius 2 is 1.88 bits per heavy atom. The standard InChI is InChI=1S/C25H26N2O5/c1-16(28)3-4-17-5-8-19(9-6-17)32-15-24(29)27-12-11-23-21(14-27)20-13-18(25(30)31-2)7-10-22(20)26-23/h5-10,13,26H,3-4,11-12,14-15H2,1-2H3. The number of nitrogens with one attached hydrogen (secondary N) is 1. The molecule has 0 bridgehead atoms. The summed E-state index contributed by atoms with van der Waals surface area (Å²) in [6.07, 6.45) is 1.94. The molecule has 1 N–H and O–H groups in total. The Kier molecular flexibility index (Phi) is 6.25. The number of fused-ring (bicyclic) bond motifs is 3. The van der Waals surface area contributed by atoms with Crippen LogP contribution in [0.3, 0.4) is 0 Å². The maximum Gasteiger partial charge on any atom is 0.337 e. The van der Waals surface area contributed by atoms with Gasteiger partial charge in [-0.2, -0.15) is 0 Å². The summed E-state index contributed by atoms with van der Waals surface area (Å²) in [6, 6.07) is 12.9. The Bertz CT molecular complexity index is 1160. The minimum Gasteiger partial charge on any atom is -0.484 e. The first-order valence-corrected chi connectivity index (χ1v) is 10.7. The van der Waals surface area contributed by atoms with Gasteiger partial charge in [0, 0.05) is 48.1 Å². The van der Waals surface area contributed by atoms with Gasteiger partial charge in [0.1, 0.15) is 11.5 Å². The van der Waals surface area contributed by atoms with Crippen molar-refractivity contribution in [1.29, 1.82) is 0 Å². The van der Waals surface area contributed by atoms with Crippen molar-refractivity contribution in [1.82, 2.24) is 9.88 Å². The fourth-order valence-electron chi connectivity index (χ4n) is 3.98. The number of aromatic amines is 1. The lowest BCUT2D eigenvalue weighted by Crippen LogP contribution is -2.38. The van der Waals surface area contributed by atoms with Gasteiger partial charge < -0.3 is 24.2 Å². The number of H-pyrrole nitrogens is 1. The molecule has 0 atom stereocenters. The number of hydrogen-bond donors (Lipinski definition) is 1. The number of aromatic nitrogens is 1. The van der Waals surface area contributed by atoms with Crippen LogP contribution in [0, 0.1) is 0 Å². The minimum absolute atomic E-state index is 0.0438. The highest BCUT2D eigenvalue weighted by atomic mass is 16.5. The van der Waals surface area contributed by atoms with Crippen molar-refractivity contribution >= 4 is 28.6 Å². The summed E-state index contributed by atoms with van der Waals surface area (Å²) in [5, 5.41) is 0.933. The number of esters is 1. The molecule has 2 heterocycles. The molecular formula is C25H26N2O5. The number of aryl methyl sites for hydroxylation is 1. The van der Waals surface area contributed by atoms with E-state index in [1.54, 1.807) is 17.9 Å². The lowest BCUT2D eigenvalue weighted by molar-refractivity contribution is -0.134. The van der Waals surface area contributed by atoms with Crippen LogP contribution in [0.2, 0.25) is 0 Å². The first-order valence-electron chi connectivity index (χ1n) is 10.7. The third kappa shape index (κ3) is 4.66. The molecule has 1 aliphatic heterocycles. The molecule has 7 heteroatoms. The molecule has 0 radical (unpaired) electrons. The second-order valence-corrected chi connectivity index (χ2v) is 8.03. The third-order valence-corrected chi connectivity index (χ3v) is 5.80. The first-order chi connectivity index (χ1) is 15.4. The van der Waals surface area contributed by atoms with Gasteiger partial charge in [0.15, 0.2) is 6.61 Å². The molecule has 32 heavy (non-hydrogen) atoms. The Balaban J connectivity index is 1.40. The van der Waals surface area contributed by atoms with E-state index in [0.29, 0.717) is 43.7 Å². The molecule has 0 fully saturated rings. The molecule has 0 spiro atoms. The third-order valence-electron chi connectivity index (χ3n) is 5.80. The second kappa shape index (κ2) is 9.26. The highest BCUT2D eigenvalue weighted by molar-refractivity contribution is 5.96. The number of Topliss-reactive ketones (excluding diaryl/α,β-unsaturated/α-hetero) is 1. The Morgan fingerprint density at radius 3 is 2.59 bits per heavy atom. The van der Waals surface area contributed by atoms with E-state index >= 15 is 0 Å². The van der Waals surface area contributed by atoms with Gasteiger partial charge in [0.25, 0.3) is 5.91 Å². The highest BCUT2D eigenvalue weighted by Gasteiger charge is 2.25. The van der Waals surface area contributed by atoms with Crippen molar-refractivity contribution in [3.05, 3.63) is 64.8 Å². The van der Waals surface area contributed by atoms with E-state index < -0.39 is 0 Å². The number of rotatable bonds is 7. The number of carbonyl (C=O) groups excluding carboxylic acids is 3. The van der Waals surface area contributed by atoms with E-state index in [-0.39, 0.29) is 24.3 Å². The molecule has 2 aromatic carbocycles. The summed E-state index contributed by atoms with van der Waals surface area (Å²) in [5.74, 6) is 0.316. The molecule has 0 saturated heterocycles. The van der Waals surface area contributed by atoms with E-state index in [4.69, 9.17) is 9.47 Å². The molecule has 1 aromatic heterocycles. The fraction of sp³-hybridized carbons (Fsp3) is 0.320. The van der Waals surface area contributed by atoms with E-state index in [9.17, 15) is 14.4 Å². The van der Waals surface area contributed by atoms with Crippen LogP contribution in [0.4, 0.5) is 0 Å². The summed E-state index contributed by atoms with van der Waals surface area (Å²) >= 11 is 0. The van der Waals surface area contributed by atoms with Crippen LogP contribution in [-0.2, 0) is 33.7 Å². The van der Waals surface area contributed by atoms with E-state index in [1.807, 2.05) is 36.4 Å². The van der Waals surface area contributed by atoms with Crippen LogP contribution in [0.1, 0.15) is 40.5 Å². The maximum absolute atomic E-state index is 12.8. The Morgan fingerprint density at radius 1 is 1.09 bits per heavy atom. The molecule has 0 unspecified atom stereocenters. The van der Waals surface area contributed by atoms with E-state index in [1.165, 1.54) is 7.11 Å². The normalized spacial score (nSPS) is 13.0. The van der Waals surface area contributed by atoms with Crippen LogP contribution in [0.15, 0.2) is 42.5 Å². The molecule has 0 saturated carbocycles. The molecule has 4 rings (SSSR count). The fourth-order valence-corrected chi connectivity index (χ4v) is 3.98. The van der Waals surface area contributed by atoms with Gasteiger partial charge in [0.2, 0.25) is 0 Å². The van der Waals surface area contributed by atoms with Crippen molar-refractivity contribution in [2.24, 2.45) is 0 Å². The Hall–Kier alpha value is -3.61. The van der Waals surface area contributed by atoms with Crippen LogP contribution in [-0.4, -0.2) is 47.8 Å². The average molecular weight is 434 g/mol. The monoisotopic (exact) mass is 434 g/mol. The number of ether oxygens (including phenoxy) is 2. The first kappa shape index (κ1) is 21.6. The van der Waals surface area contributed by atoms with Gasteiger partial charge in [-0.1, -0.05) is 12.1 Å². The zero-order valence-electron chi connectivity index (χ0n) is 18.3. The summed E-state index contributed by atoms with van der Waals surface area (Å²) in [4.78, 5) is 41.0. The lowest BCUT2D eigenvalue weighted by atomic mass is 10.0. The molecule has 1 aliphatic rings. The van der Waals surface area contributed by atoms with Crippen LogP contribution in [0.5, 0.6) is 5.75 Å². The minimum atomic E-state index is -0.383. The predicted octanol–water partition coefficient (Wildman–Crippen LogP) is 3.44. The SMILES string of the molecule is COC(=O)c1ccc2[nH]c3c(c2c1)CN(C(=O)COc1ccc(CCC(C)=O)cc1)CC3. The number of ketones is 1. The maximum atomic E-state index is 12.8. The van der Waals surface area contributed by atoms with Gasteiger partial charge >= 0.3 is 5.97 Å². The van der Waals surface area contributed by atoms with Gasteiger partial charge in [-0.15, -0.1) is 0 Å². The number of amides is 1.